The summed E-state index contributed by atoms with van der Waals surface area (Å²) in [4.78, 5) is 25.3. The van der Waals surface area contributed by atoms with Crippen molar-refractivity contribution < 1.29 is 41.0 Å². The fourth-order valence-electron chi connectivity index (χ4n) is 2.70. The zero-order valence-corrected chi connectivity index (χ0v) is 14.2. The van der Waals surface area contributed by atoms with Gasteiger partial charge in [-0.05, 0) is 19.1 Å². The molecule has 1 heterocycles. The Balaban J connectivity index is 2.53. The third kappa shape index (κ3) is 4.03. The van der Waals surface area contributed by atoms with E-state index in [2.05, 4.69) is 4.74 Å². The lowest BCUT2D eigenvalue weighted by atomic mass is 10.0. The van der Waals surface area contributed by atoms with Crippen LogP contribution in [0.3, 0.4) is 0 Å². The number of carbonyl (C=O) groups is 2. The fraction of sp³-hybridized carbons (Fsp3) is 0.500. The molecule has 1 aliphatic heterocycles. The summed E-state index contributed by atoms with van der Waals surface area (Å²) in [6, 6.07) is 2.38. The summed E-state index contributed by atoms with van der Waals surface area (Å²) in [6.07, 6.45) is -5.34. The van der Waals surface area contributed by atoms with Crippen molar-refractivity contribution in [1.82, 2.24) is 10.2 Å². The van der Waals surface area contributed by atoms with Gasteiger partial charge in [-0.15, -0.1) is 0 Å². The smallest absolute Gasteiger partial charge is 0.436 e. The topological polar surface area (TPSA) is 67.9 Å². The molecule has 0 radical (unpaired) electrons. The van der Waals surface area contributed by atoms with E-state index in [1.54, 1.807) is 0 Å². The molecule has 0 aromatic heterocycles. The molecule has 1 aliphatic rings. The zero-order valence-electron chi connectivity index (χ0n) is 14.2. The van der Waals surface area contributed by atoms with Gasteiger partial charge in [0.2, 0.25) is 0 Å². The number of morpholine rings is 1. The van der Waals surface area contributed by atoms with Crippen molar-refractivity contribution in [1.29, 1.82) is 0 Å². The number of nitrogens with one attached hydrogen (secondary N) is 1. The summed E-state index contributed by atoms with van der Waals surface area (Å²) < 4.78 is 79.3. The average Bonchev–Trinajstić information content (AvgIpc) is 2.59. The third-order valence-electron chi connectivity index (χ3n) is 3.95. The highest BCUT2D eigenvalue weighted by atomic mass is 19.4. The van der Waals surface area contributed by atoms with Crippen molar-refractivity contribution in [2.75, 3.05) is 32.9 Å². The quantitative estimate of drug-likeness (QED) is 0.608. The highest BCUT2D eigenvalue weighted by Crippen LogP contribution is 2.36. The Bertz CT molecular complexity index is 686. The Morgan fingerprint density at radius 2 is 1.74 bits per heavy atom. The molecule has 1 unspecified atom stereocenters. The van der Waals surface area contributed by atoms with Gasteiger partial charge < -0.3 is 14.8 Å². The van der Waals surface area contributed by atoms with Gasteiger partial charge in [0.05, 0.1) is 19.8 Å². The molecule has 1 aromatic carbocycles. The van der Waals surface area contributed by atoms with E-state index in [9.17, 15) is 31.5 Å². The van der Waals surface area contributed by atoms with Crippen LogP contribution in [0.1, 0.15) is 17.3 Å². The van der Waals surface area contributed by atoms with Crippen LogP contribution in [-0.4, -0.2) is 61.5 Å². The van der Waals surface area contributed by atoms with Gasteiger partial charge in [-0.1, -0.05) is 6.07 Å². The number of halogens is 5. The Morgan fingerprint density at radius 3 is 2.22 bits per heavy atom. The number of esters is 1. The minimum atomic E-state index is -5.34. The van der Waals surface area contributed by atoms with Gasteiger partial charge in [-0.25, -0.2) is 13.6 Å². The Labute approximate surface area is 151 Å². The minimum Gasteiger partial charge on any atom is -0.463 e. The van der Waals surface area contributed by atoms with E-state index in [1.807, 2.05) is 0 Å². The Hall–Kier alpha value is -2.27. The van der Waals surface area contributed by atoms with Crippen LogP contribution >= 0.6 is 0 Å². The van der Waals surface area contributed by atoms with Gasteiger partial charge >= 0.3 is 12.1 Å². The molecule has 2 rings (SSSR count). The van der Waals surface area contributed by atoms with Crippen molar-refractivity contribution in [2.24, 2.45) is 0 Å². The van der Waals surface area contributed by atoms with Gasteiger partial charge in [-0.3, -0.25) is 9.69 Å². The summed E-state index contributed by atoms with van der Waals surface area (Å²) in [6.45, 7) is -0.110. The molecule has 6 nitrogen and oxygen atoms in total. The Kier molecular flexibility index (Phi) is 6.37. The predicted octanol–water partition coefficient (Wildman–Crippen LogP) is 1.85. The van der Waals surface area contributed by atoms with E-state index in [-0.39, 0.29) is 26.3 Å². The van der Waals surface area contributed by atoms with Crippen LogP contribution < -0.4 is 5.32 Å². The predicted molar refractivity (Wildman–Crippen MR) is 81.6 cm³/mol. The second-order valence-corrected chi connectivity index (χ2v) is 5.58. The van der Waals surface area contributed by atoms with Crippen molar-refractivity contribution in [3.63, 3.8) is 0 Å². The van der Waals surface area contributed by atoms with Gasteiger partial charge in [0.1, 0.15) is 17.2 Å². The fourth-order valence-corrected chi connectivity index (χ4v) is 2.70. The number of hydrogen-bond donors (Lipinski definition) is 1. The molecule has 1 fully saturated rings. The summed E-state index contributed by atoms with van der Waals surface area (Å²) in [5.41, 5.74) is -4.85. The maximum Gasteiger partial charge on any atom is 0.436 e. The van der Waals surface area contributed by atoms with E-state index >= 15 is 0 Å². The lowest BCUT2D eigenvalue weighted by Gasteiger charge is -2.44. The van der Waals surface area contributed by atoms with Crippen LogP contribution in [0.5, 0.6) is 0 Å². The first-order chi connectivity index (χ1) is 12.6. The number of hydrogen-bond acceptors (Lipinski definition) is 5. The van der Waals surface area contributed by atoms with E-state index in [1.165, 1.54) is 12.2 Å². The number of alkyl halides is 3. The van der Waals surface area contributed by atoms with E-state index < -0.39 is 47.5 Å². The molecule has 11 heteroatoms. The number of nitrogens with zero attached hydrogens (tertiary/aromatic N) is 1. The molecular weight excluding hydrogens is 379 g/mol. The summed E-state index contributed by atoms with van der Waals surface area (Å²) in [5.74, 6) is -6.27. The van der Waals surface area contributed by atoms with Crippen LogP contribution in [0.15, 0.2) is 18.2 Å². The standard InChI is InChI=1S/C16H17F5N2O4/c1-2-27-14(25)15(16(19,20)21,23-6-8-26-9-7-23)22-13(24)12-10(17)4-3-5-11(12)18/h3-5H,2,6-9H2,1H3,(H,22,24). The van der Waals surface area contributed by atoms with Crippen molar-refractivity contribution in [3.8, 4) is 0 Å². The van der Waals surface area contributed by atoms with Crippen molar-refractivity contribution in [3.05, 3.63) is 35.4 Å². The number of carbonyl (C=O) groups excluding carboxylic acids is 2. The first-order valence-electron chi connectivity index (χ1n) is 7.98. The number of rotatable bonds is 5. The second kappa shape index (κ2) is 8.17. The molecule has 27 heavy (non-hydrogen) atoms. The molecule has 0 bridgehead atoms. The number of amides is 1. The third-order valence-corrected chi connectivity index (χ3v) is 3.95. The van der Waals surface area contributed by atoms with Crippen LogP contribution in [0.4, 0.5) is 22.0 Å². The maximum atomic E-state index is 14.0. The SMILES string of the molecule is CCOC(=O)C(NC(=O)c1c(F)cccc1F)(N1CCOCC1)C(F)(F)F. The van der Waals surface area contributed by atoms with Gasteiger partial charge in [-0.2, -0.15) is 13.2 Å². The second-order valence-electron chi connectivity index (χ2n) is 5.58. The number of ether oxygens (including phenoxy) is 2. The Morgan fingerprint density at radius 1 is 1.19 bits per heavy atom. The molecule has 0 saturated carbocycles. The van der Waals surface area contributed by atoms with Gasteiger partial charge in [0, 0.05) is 13.1 Å². The average molecular weight is 396 g/mol. The lowest BCUT2D eigenvalue weighted by molar-refractivity contribution is -0.253. The summed E-state index contributed by atoms with van der Waals surface area (Å²) in [7, 11) is 0. The first-order valence-corrected chi connectivity index (χ1v) is 7.98. The molecule has 1 N–H and O–H groups in total. The molecule has 1 atom stereocenters. The highest BCUT2D eigenvalue weighted by molar-refractivity contribution is 5.98. The monoisotopic (exact) mass is 396 g/mol. The van der Waals surface area contributed by atoms with Crippen molar-refractivity contribution >= 4 is 11.9 Å². The lowest BCUT2D eigenvalue weighted by Crippen LogP contribution is -2.75. The molecule has 1 aromatic rings. The molecule has 0 aliphatic carbocycles. The molecule has 0 spiro atoms. The summed E-state index contributed by atoms with van der Waals surface area (Å²) in [5, 5.41) is 1.47. The molecule has 1 saturated heterocycles. The van der Waals surface area contributed by atoms with Crippen LogP contribution in [0, 0.1) is 11.6 Å². The molecule has 1 amide bonds. The molecular formula is C16H17F5N2O4. The van der Waals surface area contributed by atoms with E-state index in [0.717, 1.165) is 6.07 Å². The summed E-state index contributed by atoms with van der Waals surface area (Å²) >= 11 is 0. The first kappa shape index (κ1) is 21.0. The van der Waals surface area contributed by atoms with Gasteiger partial charge in [0.15, 0.2) is 0 Å². The van der Waals surface area contributed by atoms with E-state index in [0.29, 0.717) is 17.0 Å². The number of benzene rings is 1. The molecule has 150 valence electrons. The largest absolute Gasteiger partial charge is 0.463 e. The van der Waals surface area contributed by atoms with Crippen molar-refractivity contribution in [2.45, 2.75) is 18.8 Å². The maximum absolute atomic E-state index is 14.0. The zero-order chi connectivity index (χ0) is 20.2. The van der Waals surface area contributed by atoms with E-state index in [4.69, 9.17) is 4.74 Å². The van der Waals surface area contributed by atoms with Crippen LogP contribution in [0.25, 0.3) is 0 Å². The van der Waals surface area contributed by atoms with Crippen LogP contribution in [-0.2, 0) is 14.3 Å². The van der Waals surface area contributed by atoms with Gasteiger partial charge in [0.25, 0.3) is 11.6 Å². The normalized spacial score (nSPS) is 17.9. The highest BCUT2D eigenvalue weighted by Gasteiger charge is 2.66. The minimum absolute atomic E-state index is 0.138. The van der Waals surface area contributed by atoms with Crippen LogP contribution in [0.2, 0.25) is 0 Å².